The molecule has 1 nitrogen and oxygen atoms in total. The molecule has 0 aromatic carbocycles. The average Bonchev–Trinajstić information content (AvgIpc) is 2.03. The number of unbranched alkanes of at least 4 members (excludes halogenated alkanes) is 1. The second-order valence-corrected chi connectivity index (χ2v) is 4.12. The third kappa shape index (κ3) is 2.93. The van der Waals surface area contributed by atoms with E-state index in [4.69, 9.17) is 0 Å². The summed E-state index contributed by atoms with van der Waals surface area (Å²) in [6.45, 7) is 3.49. The molecule has 0 spiro atoms. The van der Waals surface area contributed by atoms with Crippen molar-refractivity contribution in [1.82, 2.24) is 5.32 Å². The van der Waals surface area contributed by atoms with Gasteiger partial charge < -0.3 is 5.32 Å². The molecule has 0 bridgehead atoms. The molecule has 1 saturated heterocycles. The summed E-state index contributed by atoms with van der Waals surface area (Å²) in [6.07, 6.45) is 5.43. The lowest BCUT2D eigenvalue weighted by molar-refractivity contribution is 0.564. The first-order valence-corrected chi connectivity index (χ1v) is 5.33. The SMILES string of the molecule is CCCC[C@@H]1NCCCS1. The van der Waals surface area contributed by atoms with Crippen molar-refractivity contribution < 1.29 is 0 Å². The van der Waals surface area contributed by atoms with Crippen LogP contribution in [0.3, 0.4) is 0 Å². The van der Waals surface area contributed by atoms with Gasteiger partial charge in [-0.3, -0.25) is 0 Å². The molecule has 10 heavy (non-hydrogen) atoms. The lowest BCUT2D eigenvalue weighted by atomic mass is 10.2. The predicted octanol–water partition coefficient (Wildman–Crippen LogP) is 2.23. The molecule has 0 unspecified atom stereocenters. The minimum Gasteiger partial charge on any atom is -0.305 e. The Kier molecular flexibility index (Phi) is 4.23. The Hall–Kier alpha value is 0.310. The standard InChI is InChI=1S/C8H17NS/c1-2-3-5-8-9-6-4-7-10-8/h8-9H,2-7H2,1H3/t8-/m1/s1. The van der Waals surface area contributed by atoms with Gasteiger partial charge in [-0.1, -0.05) is 19.8 Å². The first-order valence-electron chi connectivity index (χ1n) is 4.28. The van der Waals surface area contributed by atoms with Crippen LogP contribution >= 0.6 is 11.8 Å². The van der Waals surface area contributed by atoms with Gasteiger partial charge in [0.25, 0.3) is 0 Å². The molecule has 1 aliphatic rings. The van der Waals surface area contributed by atoms with Gasteiger partial charge in [-0.05, 0) is 25.1 Å². The maximum absolute atomic E-state index is 3.52. The molecular formula is C8H17NS. The highest BCUT2D eigenvalue weighted by Gasteiger charge is 2.10. The van der Waals surface area contributed by atoms with E-state index < -0.39 is 0 Å². The molecule has 2 heteroatoms. The van der Waals surface area contributed by atoms with Gasteiger partial charge >= 0.3 is 0 Å². The van der Waals surface area contributed by atoms with Crippen molar-refractivity contribution in [1.29, 1.82) is 0 Å². The van der Waals surface area contributed by atoms with Crippen LogP contribution in [0.15, 0.2) is 0 Å². The molecule has 0 saturated carbocycles. The van der Waals surface area contributed by atoms with Crippen LogP contribution in [0, 0.1) is 0 Å². The van der Waals surface area contributed by atoms with Gasteiger partial charge in [0, 0.05) is 0 Å². The molecular weight excluding hydrogens is 142 g/mol. The maximum Gasteiger partial charge on any atom is 0.0532 e. The van der Waals surface area contributed by atoms with E-state index in [2.05, 4.69) is 24.0 Å². The van der Waals surface area contributed by atoms with Crippen LogP contribution in [0.5, 0.6) is 0 Å². The van der Waals surface area contributed by atoms with Crippen molar-refractivity contribution in [3.63, 3.8) is 0 Å². The van der Waals surface area contributed by atoms with E-state index in [0.29, 0.717) is 0 Å². The predicted molar refractivity (Wildman–Crippen MR) is 48.4 cm³/mol. The first-order chi connectivity index (χ1) is 4.93. The molecule has 0 aliphatic carbocycles. The molecule has 0 radical (unpaired) electrons. The Bertz CT molecular complexity index is 79.3. The molecule has 1 heterocycles. The number of hydrogen-bond donors (Lipinski definition) is 1. The summed E-state index contributed by atoms with van der Waals surface area (Å²) in [6, 6.07) is 0. The van der Waals surface area contributed by atoms with Crippen LogP contribution in [0.2, 0.25) is 0 Å². The highest BCUT2D eigenvalue weighted by molar-refractivity contribution is 7.99. The van der Waals surface area contributed by atoms with Crippen molar-refractivity contribution in [3.05, 3.63) is 0 Å². The van der Waals surface area contributed by atoms with E-state index in [0.717, 1.165) is 5.37 Å². The van der Waals surface area contributed by atoms with Gasteiger partial charge in [-0.15, -0.1) is 11.8 Å². The largest absolute Gasteiger partial charge is 0.305 e. The zero-order chi connectivity index (χ0) is 7.23. The molecule has 1 N–H and O–H groups in total. The molecule has 0 amide bonds. The molecule has 1 fully saturated rings. The molecule has 60 valence electrons. The lowest BCUT2D eigenvalue weighted by Crippen LogP contribution is -2.31. The minimum atomic E-state index is 0.772. The molecule has 1 rings (SSSR count). The summed E-state index contributed by atoms with van der Waals surface area (Å²) in [7, 11) is 0. The second kappa shape index (κ2) is 5.03. The van der Waals surface area contributed by atoms with Crippen molar-refractivity contribution in [2.75, 3.05) is 12.3 Å². The minimum absolute atomic E-state index is 0.772. The number of rotatable bonds is 3. The van der Waals surface area contributed by atoms with Crippen LogP contribution < -0.4 is 5.32 Å². The van der Waals surface area contributed by atoms with Crippen molar-refractivity contribution in [2.24, 2.45) is 0 Å². The molecule has 0 aromatic rings. The van der Waals surface area contributed by atoms with Gasteiger partial charge in [0.1, 0.15) is 0 Å². The Morgan fingerprint density at radius 3 is 3.10 bits per heavy atom. The number of hydrogen-bond acceptors (Lipinski definition) is 2. The first kappa shape index (κ1) is 8.41. The topological polar surface area (TPSA) is 12.0 Å². The fourth-order valence-electron chi connectivity index (χ4n) is 1.19. The van der Waals surface area contributed by atoms with Gasteiger partial charge in [0.2, 0.25) is 0 Å². The van der Waals surface area contributed by atoms with E-state index in [1.165, 1.54) is 38.0 Å². The van der Waals surface area contributed by atoms with Crippen LogP contribution in [0.1, 0.15) is 32.6 Å². The smallest absolute Gasteiger partial charge is 0.0532 e. The van der Waals surface area contributed by atoms with Gasteiger partial charge in [-0.2, -0.15) is 0 Å². The second-order valence-electron chi connectivity index (χ2n) is 2.81. The quantitative estimate of drug-likeness (QED) is 0.677. The van der Waals surface area contributed by atoms with E-state index in [1.807, 2.05) is 0 Å². The van der Waals surface area contributed by atoms with Crippen LogP contribution in [-0.2, 0) is 0 Å². The highest BCUT2D eigenvalue weighted by Crippen LogP contribution is 2.18. The lowest BCUT2D eigenvalue weighted by Gasteiger charge is -2.22. The van der Waals surface area contributed by atoms with Gasteiger partial charge in [0.05, 0.1) is 5.37 Å². The summed E-state index contributed by atoms with van der Waals surface area (Å²) in [5.41, 5.74) is 0. The fourth-order valence-corrected chi connectivity index (χ4v) is 2.36. The number of thioether (sulfide) groups is 1. The Labute approximate surface area is 68.0 Å². The average molecular weight is 159 g/mol. The molecule has 1 atom stereocenters. The van der Waals surface area contributed by atoms with Crippen LogP contribution in [0.25, 0.3) is 0 Å². The normalized spacial score (nSPS) is 26.7. The monoisotopic (exact) mass is 159 g/mol. The highest BCUT2D eigenvalue weighted by atomic mass is 32.2. The summed E-state index contributed by atoms with van der Waals surface area (Å²) in [5, 5.41) is 4.29. The zero-order valence-electron chi connectivity index (χ0n) is 6.73. The van der Waals surface area contributed by atoms with E-state index >= 15 is 0 Å². The third-order valence-electron chi connectivity index (χ3n) is 1.83. The summed E-state index contributed by atoms with van der Waals surface area (Å²) in [4.78, 5) is 0. The van der Waals surface area contributed by atoms with Crippen LogP contribution in [-0.4, -0.2) is 17.7 Å². The molecule has 1 aliphatic heterocycles. The fraction of sp³-hybridized carbons (Fsp3) is 1.00. The van der Waals surface area contributed by atoms with E-state index in [1.54, 1.807) is 0 Å². The van der Waals surface area contributed by atoms with Gasteiger partial charge in [-0.25, -0.2) is 0 Å². The van der Waals surface area contributed by atoms with Crippen molar-refractivity contribution >= 4 is 11.8 Å². The maximum atomic E-state index is 3.52. The van der Waals surface area contributed by atoms with Crippen molar-refractivity contribution in [2.45, 2.75) is 38.0 Å². The summed E-state index contributed by atoms with van der Waals surface area (Å²) >= 11 is 2.09. The zero-order valence-corrected chi connectivity index (χ0v) is 7.54. The van der Waals surface area contributed by atoms with E-state index in [9.17, 15) is 0 Å². The third-order valence-corrected chi connectivity index (χ3v) is 3.16. The Morgan fingerprint density at radius 1 is 1.60 bits per heavy atom. The van der Waals surface area contributed by atoms with Crippen LogP contribution in [0.4, 0.5) is 0 Å². The Balaban J connectivity index is 2.02. The number of nitrogens with one attached hydrogen (secondary N) is 1. The molecule has 0 aromatic heterocycles. The van der Waals surface area contributed by atoms with Crippen molar-refractivity contribution in [3.8, 4) is 0 Å². The summed E-state index contributed by atoms with van der Waals surface area (Å²) in [5.74, 6) is 1.36. The Morgan fingerprint density at radius 2 is 2.50 bits per heavy atom. The van der Waals surface area contributed by atoms with Gasteiger partial charge in [0.15, 0.2) is 0 Å². The van der Waals surface area contributed by atoms with E-state index in [-0.39, 0.29) is 0 Å². The summed E-state index contributed by atoms with van der Waals surface area (Å²) < 4.78 is 0.